The molecule has 1 aliphatic carbocycles. The van der Waals surface area contributed by atoms with Crippen LogP contribution in [0.5, 0.6) is 0 Å². The summed E-state index contributed by atoms with van der Waals surface area (Å²) in [7, 11) is -4.26. The lowest BCUT2D eigenvalue weighted by Gasteiger charge is -2.34. The Morgan fingerprint density at radius 3 is 2.07 bits per heavy atom. The predicted molar refractivity (Wildman–Crippen MR) is 186 cm³/mol. The molecule has 1 fully saturated rings. The highest BCUT2D eigenvalue weighted by atomic mass is 79.9. The number of rotatable bonds is 12. The van der Waals surface area contributed by atoms with Gasteiger partial charge in [0.2, 0.25) is 11.8 Å². The van der Waals surface area contributed by atoms with Crippen LogP contribution in [0.4, 0.5) is 5.69 Å². The molecule has 0 aliphatic heterocycles. The fourth-order valence-electron chi connectivity index (χ4n) is 5.69. The lowest BCUT2D eigenvalue weighted by atomic mass is 10.0. The molecule has 4 aromatic carbocycles. The number of nitrogens with zero attached hydrogens (tertiary/aromatic N) is 2. The molecule has 1 N–H and O–H groups in total. The zero-order valence-corrected chi connectivity index (χ0v) is 28.9. The lowest BCUT2D eigenvalue weighted by Crippen LogP contribution is -2.54. The van der Waals surface area contributed by atoms with Gasteiger partial charge in [-0.05, 0) is 66.4 Å². The van der Waals surface area contributed by atoms with E-state index in [0.29, 0.717) is 0 Å². The van der Waals surface area contributed by atoms with Gasteiger partial charge in [-0.1, -0.05) is 113 Å². The topological polar surface area (TPSA) is 86.8 Å². The second-order valence-electron chi connectivity index (χ2n) is 11.3. The molecule has 0 bridgehead atoms. The Labute approximate surface area is 288 Å². The fraction of sp³-hybridized carbons (Fsp3) is 0.257. The average Bonchev–Trinajstić information content (AvgIpc) is 3.55. The molecular formula is C35H34BrCl2N3O4S. The van der Waals surface area contributed by atoms with Gasteiger partial charge in [0, 0.05) is 33.5 Å². The van der Waals surface area contributed by atoms with Crippen molar-refractivity contribution in [3.05, 3.63) is 129 Å². The first-order chi connectivity index (χ1) is 22.1. The number of anilines is 1. The molecule has 4 aromatic rings. The summed E-state index contributed by atoms with van der Waals surface area (Å²) in [5.74, 6) is -0.833. The molecule has 1 atom stereocenters. The highest BCUT2D eigenvalue weighted by Crippen LogP contribution is 2.30. The third-order valence-electron chi connectivity index (χ3n) is 7.96. The Hall–Kier alpha value is -3.37. The number of carbonyl (C=O) groups is 2. The van der Waals surface area contributed by atoms with Crippen molar-refractivity contribution >= 4 is 66.7 Å². The summed E-state index contributed by atoms with van der Waals surface area (Å²) in [4.78, 5) is 30.2. The molecule has 5 rings (SSSR count). The van der Waals surface area contributed by atoms with Crippen molar-refractivity contribution in [1.29, 1.82) is 0 Å². The van der Waals surface area contributed by atoms with Gasteiger partial charge in [0.1, 0.15) is 12.6 Å². The zero-order valence-electron chi connectivity index (χ0n) is 25.0. The number of halogens is 3. The van der Waals surface area contributed by atoms with Crippen LogP contribution in [0.3, 0.4) is 0 Å². The first-order valence-electron chi connectivity index (χ1n) is 15.0. The van der Waals surface area contributed by atoms with Crippen LogP contribution >= 0.6 is 39.1 Å². The molecule has 240 valence electrons. The van der Waals surface area contributed by atoms with Crippen molar-refractivity contribution in [1.82, 2.24) is 10.2 Å². The molecule has 0 saturated heterocycles. The quantitative estimate of drug-likeness (QED) is 0.162. The van der Waals surface area contributed by atoms with E-state index < -0.39 is 28.5 Å². The molecule has 0 radical (unpaired) electrons. The monoisotopic (exact) mass is 741 g/mol. The van der Waals surface area contributed by atoms with Gasteiger partial charge in [-0.3, -0.25) is 13.9 Å². The summed E-state index contributed by atoms with van der Waals surface area (Å²) in [6.07, 6.45) is 4.06. The Morgan fingerprint density at radius 1 is 0.826 bits per heavy atom. The van der Waals surface area contributed by atoms with Crippen LogP contribution in [0.25, 0.3) is 0 Å². The van der Waals surface area contributed by atoms with Crippen molar-refractivity contribution in [3.8, 4) is 0 Å². The van der Waals surface area contributed by atoms with Crippen molar-refractivity contribution in [2.75, 3.05) is 10.8 Å². The van der Waals surface area contributed by atoms with Gasteiger partial charge in [-0.2, -0.15) is 0 Å². The van der Waals surface area contributed by atoms with Gasteiger partial charge in [0.15, 0.2) is 0 Å². The van der Waals surface area contributed by atoms with E-state index >= 15 is 0 Å². The summed E-state index contributed by atoms with van der Waals surface area (Å²) in [6.45, 7) is -0.521. The number of benzene rings is 4. The molecule has 0 unspecified atom stereocenters. The zero-order chi connectivity index (χ0) is 32.7. The fourth-order valence-corrected chi connectivity index (χ4v) is 8.07. The minimum Gasteiger partial charge on any atom is -0.352 e. The first-order valence-corrected chi connectivity index (χ1v) is 18.0. The van der Waals surface area contributed by atoms with Gasteiger partial charge >= 0.3 is 0 Å². The summed E-state index contributed by atoms with van der Waals surface area (Å²) in [5, 5.41) is 3.61. The molecule has 1 aliphatic rings. The maximum atomic E-state index is 14.6. The van der Waals surface area contributed by atoms with Gasteiger partial charge in [0.05, 0.1) is 10.6 Å². The third kappa shape index (κ3) is 8.70. The van der Waals surface area contributed by atoms with Crippen LogP contribution in [-0.4, -0.2) is 43.8 Å². The summed E-state index contributed by atoms with van der Waals surface area (Å²) in [5.41, 5.74) is 1.78. The number of amides is 2. The van der Waals surface area contributed by atoms with Crippen molar-refractivity contribution in [2.24, 2.45) is 0 Å². The van der Waals surface area contributed by atoms with Gasteiger partial charge < -0.3 is 10.2 Å². The Morgan fingerprint density at radius 2 is 1.43 bits per heavy atom. The Kier molecular flexibility index (Phi) is 11.4. The van der Waals surface area contributed by atoms with Crippen molar-refractivity contribution in [3.63, 3.8) is 0 Å². The molecule has 7 nitrogen and oxygen atoms in total. The summed E-state index contributed by atoms with van der Waals surface area (Å²) >= 11 is 16.1. The van der Waals surface area contributed by atoms with Crippen LogP contribution in [0.1, 0.15) is 36.8 Å². The summed E-state index contributed by atoms with van der Waals surface area (Å²) in [6, 6.07) is 28.3. The SMILES string of the molecule is O=C(NC1CCCC1)[C@@H](Cc1ccccc1)N(Cc1cccc(Br)c1)C(=O)CN(c1cc(Cl)cc(Cl)c1)S(=O)(=O)c1ccccc1. The van der Waals surface area contributed by atoms with Crippen LogP contribution < -0.4 is 9.62 Å². The van der Waals surface area contributed by atoms with Crippen molar-refractivity contribution < 1.29 is 18.0 Å². The van der Waals surface area contributed by atoms with Gasteiger partial charge in [-0.15, -0.1) is 0 Å². The maximum absolute atomic E-state index is 14.6. The second kappa shape index (κ2) is 15.5. The van der Waals surface area contributed by atoms with Crippen LogP contribution in [0, 0.1) is 0 Å². The van der Waals surface area contributed by atoms with E-state index in [4.69, 9.17) is 23.2 Å². The molecule has 46 heavy (non-hydrogen) atoms. The van der Waals surface area contributed by atoms with Gasteiger partial charge in [-0.25, -0.2) is 8.42 Å². The van der Waals surface area contributed by atoms with Crippen LogP contribution in [0.15, 0.2) is 112 Å². The van der Waals surface area contributed by atoms with Crippen molar-refractivity contribution in [2.45, 2.75) is 55.6 Å². The van der Waals surface area contributed by atoms with Crippen LogP contribution in [0.2, 0.25) is 10.0 Å². The van der Waals surface area contributed by atoms with E-state index in [2.05, 4.69) is 21.2 Å². The molecule has 1 saturated carbocycles. The minimum absolute atomic E-state index is 0.00255. The van der Waals surface area contributed by atoms with E-state index in [1.54, 1.807) is 18.2 Å². The smallest absolute Gasteiger partial charge is 0.264 e. The molecule has 2 amide bonds. The van der Waals surface area contributed by atoms with E-state index in [-0.39, 0.29) is 45.5 Å². The second-order valence-corrected chi connectivity index (χ2v) is 15.0. The normalized spacial score (nSPS) is 14.1. The average molecular weight is 744 g/mol. The highest BCUT2D eigenvalue weighted by Gasteiger charge is 2.35. The molecule has 11 heteroatoms. The Balaban J connectivity index is 1.58. The molecule has 0 aromatic heterocycles. The first kappa shape index (κ1) is 34.0. The third-order valence-corrected chi connectivity index (χ3v) is 10.7. The molecule has 0 heterocycles. The minimum atomic E-state index is -4.26. The number of hydrogen-bond donors (Lipinski definition) is 1. The van der Waals surface area contributed by atoms with Gasteiger partial charge in [0.25, 0.3) is 10.0 Å². The molecular weight excluding hydrogens is 709 g/mol. The summed E-state index contributed by atoms with van der Waals surface area (Å²) < 4.78 is 30.1. The predicted octanol–water partition coefficient (Wildman–Crippen LogP) is 7.65. The maximum Gasteiger partial charge on any atom is 0.264 e. The number of carbonyl (C=O) groups excluding carboxylic acids is 2. The Bertz CT molecular complexity index is 1750. The highest BCUT2D eigenvalue weighted by molar-refractivity contribution is 9.10. The van der Waals surface area contributed by atoms with E-state index in [0.717, 1.165) is 45.6 Å². The van der Waals surface area contributed by atoms with E-state index in [9.17, 15) is 18.0 Å². The largest absolute Gasteiger partial charge is 0.352 e. The number of nitrogens with one attached hydrogen (secondary N) is 1. The number of sulfonamides is 1. The van der Waals surface area contributed by atoms with E-state index in [1.165, 1.54) is 35.2 Å². The molecule has 0 spiro atoms. The standard InChI is InChI=1S/C35H34BrCl2N3O4S/c36-27-13-9-12-26(18-27)23-40(33(19-25-10-3-1-4-11-25)35(43)39-30-14-7-8-15-30)34(42)24-41(31-21-28(37)20-29(38)22-31)46(44,45)32-16-5-2-6-17-32/h1-6,9-13,16-18,20-22,30,33H,7-8,14-15,19,23-24H2,(H,39,43)/t33-/m1/s1. The lowest BCUT2D eigenvalue weighted by molar-refractivity contribution is -0.140. The number of hydrogen-bond acceptors (Lipinski definition) is 4. The van der Waals surface area contributed by atoms with E-state index in [1.807, 2.05) is 54.6 Å². The van der Waals surface area contributed by atoms with Crippen LogP contribution in [-0.2, 0) is 32.6 Å².